The maximum absolute atomic E-state index is 11.9. The predicted octanol–water partition coefficient (Wildman–Crippen LogP) is 1.55. The van der Waals surface area contributed by atoms with Crippen LogP contribution in [0.1, 0.15) is 23.4 Å². The van der Waals surface area contributed by atoms with Gasteiger partial charge in [0.1, 0.15) is 5.75 Å². The van der Waals surface area contributed by atoms with Crippen molar-refractivity contribution in [3.63, 3.8) is 0 Å². The fourth-order valence-corrected chi connectivity index (χ4v) is 2.38. The van der Waals surface area contributed by atoms with Gasteiger partial charge in [0.15, 0.2) is 0 Å². The number of aromatic amines is 1. The Balaban J connectivity index is 1.75. The van der Waals surface area contributed by atoms with Crippen molar-refractivity contribution in [3.8, 4) is 5.75 Å². The van der Waals surface area contributed by atoms with Crippen LogP contribution in [0.2, 0.25) is 0 Å². The summed E-state index contributed by atoms with van der Waals surface area (Å²) in [4.78, 5) is 26.3. The molecule has 1 heterocycles. The molecule has 1 aromatic carbocycles. The molecular formula is C17H23N3O3. The molecule has 124 valence electrons. The molecule has 0 unspecified atom stereocenters. The number of carbonyl (C=O) groups excluding carboxylic acids is 1. The fourth-order valence-electron chi connectivity index (χ4n) is 2.38. The monoisotopic (exact) mass is 317 g/mol. The van der Waals surface area contributed by atoms with E-state index in [-0.39, 0.29) is 11.6 Å². The van der Waals surface area contributed by atoms with Crippen LogP contribution < -0.4 is 15.7 Å². The largest absolute Gasteiger partial charge is 0.497 e. The van der Waals surface area contributed by atoms with E-state index >= 15 is 0 Å². The molecule has 0 radical (unpaired) electrons. The molecule has 6 heteroatoms. The van der Waals surface area contributed by atoms with E-state index in [0.717, 1.165) is 29.1 Å². The Morgan fingerprint density at radius 2 is 1.96 bits per heavy atom. The molecule has 0 saturated carbocycles. The highest BCUT2D eigenvalue weighted by molar-refractivity contribution is 5.75. The molecule has 2 aromatic rings. The number of hydrogen-bond donors (Lipinski definition) is 2. The molecule has 1 amide bonds. The zero-order valence-electron chi connectivity index (χ0n) is 13.8. The number of nitrogens with zero attached hydrogens (tertiary/aromatic N) is 1. The van der Waals surface area contributed by atoms with Crippen LogP contribution in [0.25, 0.3) is 0 Å². The first kappa shape index (κ1) is 16.9. The number of aryl methyl sites for hydroxylation is 1. The van der Waals surface area contributed by atoms with E-state index in [4.69, 9.17) is 4.74 Å². The summed E-state index contributed by atoms with van der Waals surface area (Å²) >= 11 is 0. The van der Waals surface area contributed by atoms with E-state index in [1.807, 2.05) is 38.1 Å². The van der Waals surface area contributed by atoms with Crippen molar-refractivity contribution in [1.82, 2.24) is 14.9 Å². The Hall–Kier alpha value is -2.50. The average molecular weight is 317 g/mol. The molecule has 0 saturated heterocycles. The number of methoxy groups -OCH3 is 1. The first-order chi connectivity index (χ1) is 11.0. The first-order valence-electron chi connectivity index (χ1n) is 7.67. The van der Waals surface area contributed by atoms with Crippen molar-refractivity contribution < 1.29 is 9.53 Å². The third-order valence-electron chi connectivity index (χ3n) is 3.94. The van der Waals surface area contributed by atoms with Crippen LogP contribution in [0, 0.1) is 13.8 Å². The number of imidazole rings is 1. The molecule has 0 spiro atoms. The molecule has 0 aliphatic heterocycles. The molecule has 0 aliphatic rings. The summed E-state index contributed by atoms with van der Waals surface area (Å²) in [5.74, 6) is 0.768. The molecule has 23 heavy (non-hydrogen) atoms. The fraction of sp³-hybridized carbons (Fsp3) is 0.412. The van der Waals surface area contributed by atoms with Gasteiger partial charge in [-0.2, -0.15) is 0 Å². The minimum absolute atomic E-state index is 0.0522. The Kier molecular flexibility index (Phi) is 5.62. The molecule has 2 rings (SSSR count). The van der Waals surface area contributed by atoms with Gasteiger partial charge in [0.2, 0.25) is 5.91 Å². The number of rotatable bonds is 7. The van der Waals surface area contributed by atoms with E-state index in [0.29, 0.717) is 19.5 Å². The van der Waals surface area contributed by atoms with E-state index < -0.39 is 0 Å². The predicted molar refractivity (Wildman–Crippen MR) is 88.9 cm³/mol. The van der Waals surface area contributed by atoms with Crippen molar-refractivity contribution in [2.24, 2.45) is 0 Å². The van der Waals surface area contributed by atoms with Gasteiger partial charge in [-0.3, -0.25) is 9.36 Å². The lowest BCUT2D eigenvalue weighted by atomic mass is 10.1. The second-order valence-corrected chi connectivity index (χ2v) is 5.49. The van der Waals surface area contributed by atoms with E-state index in [1.54, 1.807) is 11.7 Å². The SMILES string of the molecule is COc1ccc(CCNC(=O)CCn2c(C)c(C)[nH]c2=O)cc1. The van der Waals surface area contributed by atoms with Crippen LogP contribution in [0.5, 0.6) is 5.75 Å². The molecule has 0 fully saturated rings. The van der Waals surface area contributed by atoms with Crippen LogP contribution in [0.15, 0.2) is 29.1 Å². The van der Waals surface area contributed by atoms with Crippen LogP contribution >= 0.6 is 0 Å². The van der Waals surface area contributed by atoms with Crippen molar-refractivity contribution in [2.45, 2.75) is 33.2 Å². The van der Waals surface area contributed by atoms with E-state index in [9.17, 15) is 9.59 Å². The highest BCUT2D eigenvalue weighted by Gasteiger charge is 2.08. The number of aromatic nitrogens is 2. The van der Waals surface area contributed by atoms with Gasteiger partial charge in [0.25, 0.3) is 0 Å². The molecule has 0 bridgehead atoms. The zero-order valence-corrected chi connectivity index (χ0v) is 13.8. The number of hydrogen-bond acceptors (Lipinski definition) is 3. The van der Waals surface area contributed by atoms with Gasteiger partial charge in [-0.05, 0) is 38.0 Å². The van der Waals surface area contributed by atoms with Crippen LogP contribution in [0.3, 0.4) is 0 Å². The summed E-state index contributed by atoms with van der Waals surface area (Å²) in [6.45, 7) is 4.69. The van der Waals surface area contributed by atoms with Crippen molar-refractivity contribution in [1.29, 1.82) is 0 Å². The Bertz CT molecular complexity index is 714. The quantitative estimate of drug-likeness (QED) is 0.813. The molecule has 2 N–H and O–H groups in total. The zero-order chi connectivity index (χ0) is 16.8. The summed E-state index contributed by atoms with van der Waals surface area (Å²) in [5.41, 5.74) is 2.70. The molecular weight excluding hydrogens is 294 g/mol. The number of ether oxygens (including phenoxy) is 1. The van der Waals surface area contributed by atoms with Gasteiger partial charge in [-0.15, -0.1) is 0 Å². The minimum Gasteiger partial charge on any atom is -0.497 e. The molecule has 6 nitrogen and oxygen atoms in total. The van der Waals surface area contributed by atoms with Crippen LogP contribution in [0.4, 0.5) is 0 Å². The molecule has 0 aliphatic carbocycles. The average Bonchev–Trinajstić information content (AvgIpc) is 2.79. The highest BCUT2D eigenvalue weighted by atomic mass is 16.5. The van der Waals surface area contributed by atoms with Gasteiger partial charge in [-0.1, -0.05) is 12.1 Å². The number of nitrogens with one attached hydrogen (secondary N) is 2. The van der Waals surface area contributed by atoms with Gasteiger partial charge in [0, 0.05) is 30.9 Å². The minimum atomic E-state index is -0.161. The van der Waals surface area contributed by atoms with Crippen LogP contribution in [-0.2, 0) is 17.8 Å². The standard InChI is InChI=1S/C17H23N3O3/c1-12-13(2)20(17(22)19-12)11-9-16(21)18-10-8-14-4-6-15(23-3)7-5-14/h4-7H,8-11H2,1-3H3,(H,18,21)(H,19,22). The highest BCUT2D eigenvalue weighted by Crippen LogP contribution is 2.11. The normalized spacial score (nSPS) is 10.6. The van der Waals surface area contributed by atoms with Crippen molar-refractivity contribution in [3.05, 3.63) is 51.7 Å². The smallest absolute Gasteiger partial charge is 0.325 e. The summed E-state index contributed by atoms with van der Waals surface area (Å²) in [5, 5.41) is 2.88. The van der Waals surface area contributed by atoms with E-state index in [2.05, 4.69) is 10.3 Å². The lowest BCUT2D eigenvalue weighted by Gasteiger charge is -2.07. The third-order valence-corrected chi connectivity index (χ3v) is 3.94. The lowest BCUT2D eigenvalue weighted by molar-refractivity contribution is -0.121. The van der Waals surface area contributed by atoms with Gasteiger partial charge >= 0.3 is 5.69 Å². The van der Waals surface area contributed by atoms with Crippen molar-refractivity contribution in [2.75, 3.05) is 13.7 Å². The second kappa shape index (κ2) is 7.67. The van der Waals surface area contributed by atoms with Gasteiger partial charge in [0.05, 0.1) is 7.11 Å². The number of benzene rings is 1. The number of carbonyl (C=O) groups is 1. The number of H-pyrrole nitrogens is 1. The number of amides is 1. The lowest BCUT2D eigenvalue weighted by Crippen LogP contribution is -2.28. The van der Waals surface area contributed by atoms with Gasteiger partial charge < -0.3 is 15.0 Å². The summed E-state index contributed by atoms with van der Waals surface area (Å²) in [6.07, 6.45) is 1.05. The van der Waals surface area contributed by atoms with Gasteiger partial charge in [-0.25, -0.2) is 4.79 Å². The second-order valence-electron chi connectivity index (χ2n) is 5.49. The molecule has 0 atom stereocenters. The molecule has 1 aromatic heterocycles. The Labute approximate surface area is 135 Å². The first-order valence-corrected chi connectivity index (χ1v) is 7.67. The maximum Gasteiger partial charge on any atom is 0.325 e. The third kappa shape index (κ3) is 4.48. The Morgan fingerprint density at radius 1 is 1.26 bits per heavy atom. The van der Waals surface area contributed by atoms with Crippen LogP contribution in [-0.4, -0.2) is 29.1 Å². The summed E-state index contributed by atoms with van der Waals surface area (Å²) in [6, 6.07) is 7.77. The Morgan fingerprint density at radius 3 is 2.52 bits per heavy atom. The van der Waals surface area contributed by atoms with E-state index in [1.165, 1.54) is 0 Å². The topological polar surface area (TPSA) is 76.1 Å². The summed E-state index contributed by atoms with van der Waals surface area (Å²) < 4.78 is 6.70. The van der Waals surface area contributed by atoms with Crippen molar-refractivity contribution >= 4 is 5.91 Å². The maximum atomic E-state index is 11.9. The summed E-state index contributed by atoms with van der Waals surface area (Å²) in [7, 11) is 1.63.